The lowest BCUT2D eigenvalue weighted by molar-refractivity contribution is 0.0930. The molecule has 3 aromatic rings. The molecule has 1 N–H and O–H groups in total. The SMILES string of the molecule is CN(C)C[C@@H](NC(=O)c1ccc2c(=O)n3c(nc2c1)CCCCC3)c1ccccc1. The Morgan fingerprint density at radius 3 is 2.70 bits per heavy atom. The van der Waals surface area contributed by atoms with Crippen molar-refractivity contribution in [1.29, 1.82) is 0 Å². The van der Waals surface area contributed by atoms with Gasteiger partial charge >= 0.3 is 0 Å². The molecule has 0 bridgehead atoms. The van der Waals surface area contributed by atoms with Gasteiger partial charge in [-0.15, -0.1) is 0 Å². The van der Waals surface area contributed by atoms with Gasteiger partial charge in [-0.3, -0.25) is 14.2 Å². The molecule has 6 nitrogen and oxygen atoms in total. The monoisotopic (exact) mass is 404 g/mol. The van der Waals surface area contributed by atoms with Crippen molar-refractivity contribution < 1.29 is 4.79 Å². The van der Waals surface area contributed by atoms with E-state index in [4.69, 9.17) is 4.98 Å². The van der Waals surface area contributed by atoms with Crippen LogP contribution in [0.3, 0.4) is 0 Å². The van der Waals surface area contributed by atoms with E-state index >= 15 is 0 Å². The number of carbonyl (C=O) groups is 1. The molecule has 0 spiro atoms. The Balaban J connectivity index is 1.65. The van der Waals surface area contributed by atoms with E-state index in [1.165, 1.54) is 0 Å². The van der Waals surface area contributed by atoms with Gasteiger partial charge in [-0.1, -0.05) is 36.8 Å². The molecule has 1 aliphatic heterocycles. The lowest BCUT2D eigenvalue weighted by Gasteiger charge is -2.23. The summed E-state index contributed by atoms with van der Waals surface area (Å²) in [4.78, 5) is 32.7. The third-order valence-corrected chi connectivity index (χ3v) is 5.63. The molecule has 4 rings (SSSR count). The fraction of sp³-hybridized carbons (Fsp3) is 0.375. The van der Waals surface area contributed by atoms with Crippen LogP contribution in [0.25, 0.3) is 10.9 Å². The molecule has 0 aliphatic carbocycles. The summed E-state index contributed by atoms with van der Waals surface area (Å²) in [5.74, 6) is 0.668. The summed E-state index contributed by atoms with van der Waals surface area (Å²) in [6, 6.07) is 15.0. The first-order chi connectivity index (χ1) is 14.5. The highest BCUT2D eigenvalue weighted by atomic mass is 16.1. The third-order valence-electron chi connectivity index (χ3n) is 5.63. The van der Waals surface area contributed by atoms with Crippen molar-refractivity contribution in [3.63, 3.8) is 0 Å². The fourth-order valence-electron chi connectivity index (χ4n) is 4.09. The van der Waals surface area contributed by atoms with Crippen LogP contribution in [-0.4, -0.2) is 41.0 Å². The summed E-state index contributed by atoms with van der Waals surface area (Å²) < 4.78 is 1.80. The van der Waals surface area contributed by atoms with E-state index in [-0.39, 0.29) is 17.5 Å². The molecule has 0 saturated heterocycles. The molecule has 0 radical (unpaired) electrons. The van der Waals surface area contributed by atoms with Crippen molar-refractivity contribution in [3.05, 3.63) is 75.8 Å². The van der Waals surface area contributed by atoms with E-state index in [0.717, 1.165) is 43.6 Å². The minimum Gasteiger partial charge on any atom is -0.344 e. The fourth-order valence-corrected chi connectivity index (χ4v) is 4.09. The number of aryl methyl sites for hydroxylation is 1. The highest BCUT2D eigenvalue weighted by Gasteiger charge is 2.19. The highest BCUT2D eigenvalue weighted by molar-refractivity contribution is 5.97. The molecule has 1 atom stereocenters. The summed E-state index contributed by atoms with van der Waals surface area (Å²) in [6.07, 6.45) is 3.97. The molecular formula is C24H28N4O2. The van der Waals surface area contributed by atoms with Crippen LogP contribution in [0.1, 0.15) is 47.1 Å². The third kappa shape index (κ3) is 4.28. The number of hydrogen-bond donors (Lipinski definition) is 1. The first kappa shape index (κ1) is 20.3. The van der Waals surface area contributed by atoms with Gasteiger partial charge in [-0.2, -0.15) is 0 Å². The first-order valence-corrected chi connectivity index (χ1v) is 10.6. The van der Waals surface area contributed by atoms with Crippen LogP contribution < -0.4 is 10.9 Å². The van der Waals surface area contributed by atoms with Gasteiger partial charge in [-0.25, -0.2) is 4.98 Å². The van der Waals surface area contributed by atoms with Crippen LogP contribution in [-0.2, 0) is 13.0 Å². The number of hydrogen-bond acceptors (Lipinski definition) is 4. The van der Waals surface area contributed by atoms with Gasteiger partial charge in [-0.05, 0) is 50.7 Å². The maximum absolute atomic E-state index is 13.0. The number of benzene rings is 2. The smallest absolute Gasteiger partial charge is 0.261 e. The normalized spacial score (nSPS) is 14.9. The van der Waals surface area contributed by atoms with Crippen molar-refractivity contribution in [3.8, 4) is 0 Å². The molecule has 1 aromatic heterocycles. The van der Waals surface area contributed by atoms with Gasteiger partial charge < -0.3 is 10.2 Å². The van der Waals surface area contributed by atoms with Gasteiger partial charge in [0.05, 0.1) is 16.9 Å². The molecular weight excluding hydrogens is 376 g/mol. The van der Waals surface area contributed by atoms with E-state index in [2.05, 4.69) is 10.2 Å². The molecule has 2 heterocycles. The molecule has 2 aromatic carbocycles. The molecule has 0 fully saturated rings. The standard InChI is InChI=1S/C24H28N4O2/c1-27(2)16-21(17-9-5-3-6-10-17)26-23(29)18-12-13-19-20(15-18)25-22-11-7-4-8-14-28(22)24(19)30/h3,5-6,9-10,12-13,15,21H,4,7-8,11,14,16H2,1-2H3,(H,26,29)/t21-/m1/s1. The summed E-state index contributed by atoms with van der Waals surface area (Å²) in [6.45, 7) is 1.42. The molecule has 30 heavy (non-hydrogen) atoms. The van der Waals surface area contributed by atoms with Crippen LogP contribution in [0.2, 0.25) is 0 Å². The Hall–Kier alpha value is -2.99. The number of fused-ring (bicyclic) bond motifs is 2. The van der Waals surface area contributed by atoms with Gasteiger partial charge in [0.2, 0.25) is 0 Å². The van der Waals surface area contributed by atoms with E-state index in [1.54, 1.807) is 22.8 Å². The van der Waals surface area contributed by atoms with E-state index < -0.39 is 0 Å². The second-order valence-corrected chi connectivity index (χ2v) is 8.23. The summed E-state index contributed by atoms with van der Waals surface area (Å²) >= 11 is 0. The molecule has 0 saturated carbocycles. The zero-order valence-corrected chi connectivity index (χ0v) is 17.6. The second kappa shape index (κ2) is 8.79. The van der Waals surface area contributed by atoms with Gasteiger partial charge in [0.15, 0.2) is 0 Å². The van der Waals surface area contributed by atoms with Crippen molar-refractivity contribution >= 4 is 16.8 Å². The number of carbonyl (C=O) groups excluding carboxylic acids is 1. The topological polar surface area (TPSA) is 67.2 Å². The molecule has 156 valence electrons. The number of amides is 1. The van der Waals surface area contributed by atoms with Gasteiger partial charge in [0.25, 0.3) is 11.5 Å². The van der Waals surface area contributed by atoms with E-state index in [0.29, 0.717) is 23.0 Å². The Morgan fingerprint density at radius 1 is 1.13 bits per heavy atom. The average Bonchev–Trinajstić information content (AvgIpc) is 2.99. The largest absolute Gasteiger partial charge is 0.344 e. The predicted octanol–water partition coefficient (Wildman–Crippen LogP) is 3.16. The second-order valence-electron chi connectivity index (χ2n) is 8.23. The lowest BCUT2D eigenvalue weighted by atomic mass is 10.1. The van der Waals surface area contributed by atoms with Crippen LogP contribution in [0, 0.1) is 0 Å². The first-order valence-electron chi connectivity index (χ1n) is 10.6. The number of nitrogens with zero attached hydrogens (tertiary/aromatic N) is 3. The maximum Gasteiger partial charge on any atom is 0.261 e. The number of nitrogens with one attached hydrogen (secondary N) is 1. The Kier molecular flexibility index (Phi) is 5.95. The van der Waals surface area contributed by atoms with Crippen LogP contribution in [0.15, 0.2) is 53.3 Å². The maximum atomic E-state index is 13.0. The molecule has 1 amide bonds. The van der Waals surface area contributed by atoms with Crippen molar-refractivity contribution in [2.45, 2.75) is 38.3 Å². The number of aromatic nitrogens is 2. The molecule has 0 unspecified atom stereocenters. The lowest BCUT2D eigenvalue weighted by Crippen LogP contribution is -2.35. The quantitative estimate of drug-likeness (QED) is 0.709. The van der Waals surface area contributed by atoms with Crippen LogP contribution in [0.5, 0.6) is 0 Å². The molecule has 1 aliphatic rings. The van der Waals surface area contributed by atoms with E-state index in [9.17, 15) is 9.59 Å². The van der Waals surface area contributed by atoms with Crippen molar-refractivity contribution in [1.82, 2.24) is 19.8 Å². The highest BCUT2D eigenvalue weighted by Crippen LogP contribution is 2.18. The van der Waals surface area contributed by atoms with Crippen LogP contribution in [0.4, 0.5) is 0 Å². The van der Waals surface area contributed by atoms with Gasteiger partial charge in [0, 0.05) is 25.1 Å². The van der Waals surface area contributed by atoms with Crippen molar-refractivity contribution in [2.75, 3.05) is 20.6 Å². The molecule has 6 heteroatoms. The Morgan fingerprint density at radius 2 is 1.93 bits per heavy atom. The number of rotatable bonds is 5. The Bertz CT molecular complexity index is 1110. The zero-order valence-electron chi connectivity index (χ0n) is 17.6. The Labute approximate surface area is 176 Å². The predicted molar refractivity (Wildman–Crippen MR) is 119 cm³/mol. The average molecular weight is 405 g/mol. The van der Waals surface area contributed by atoms with E-state index in [1.807, 2.05) is 44.4 Å². The van der Waals surface area contributed by atoms with Crippen molar-refractivity contribution in [2.24, 2.45) is 0 Å². The summed E-state index contributed by atoms with van der Waals surface area (Å²) in [5, 5.41) is 3.72. The minimum atomic E-state index is -0.163. The summed E-state index contributed by atoms with van der Waals surface area (Å²) in [5.41, 5.74) is 2.18. The van der Waals surface area contributed by atoms with Crippen LogP contribution >= 0.6 is 0 Å². The summed E-state index contributed by atoms with van der Waals surface area (Å²) in [7, 11) is 3.97. The minimum absolute atomic E-state index is 0.00127. The zero-order chi connectivity index (χ0) is 21.1. The van der Waals surface area contributed by atoms with Gasteiger partial charge in [0.1, 0.15) is 5.82 Å². The number of likely N-dealkylation sites (N-methyl/N-ethyl adjacent to an activating group) is 1.